The Balaban J connectivity index is 0. The van der Waals surface area contributed by atoms with Gasteiger partial charge >= 0.3 is 0 Å². The van der Waals surface area contributed by atoms with Gasteiger partial charge < -0.3 is 0 Å². The summed E-state index contributed by atoms with van der Waals surface area (Å²) in [6, 6.07) is 0. The van der Waals surface area contributed by atoms with Crippen molar-refractivity contribution in [2.45, 2.75) is 0 Å². The molecule has 0 saturated carbocycles. The van der Waals surface area contributed by atoms with Crippen molar-refractivity contribution in [1.29, 1.82) is 0 Å². The zero-order valence-corrected chi connectivity index (χ0v) is 8.84. The van der Waals surface area contributed by atoms with Crippen LogP contribution in [0.3, 0.4) is 0 Å². The Labute approximate surface area is 72.3 Å². The maximum absolute atomic E-state index is 0. The molecule has 19 valence electrons. The molecule has 0 aromatic heterocycles. The van der Waals surface area contributed by atoms with E-state index in [2.05, 4.69) is 0 Å². The Hall–Kier alpha value is 2.15. The molecule has 0 aromatic carbocycles. The Kier molecular flexibility index (Phi) is 169. The van der Waals surface area contributed by atoms with Crippen LogP contribution >= 0.6 is 0 Å². The van der Waals surface area contributed by atoms with E-state index < -0.39 is 0 Å². The van der Waals surface area contributed by atoms with Crippen LogP contribution in [0.25, 0.3) is 0 Å². The Bertz CT molecular complexity index is 8.00. The zero-order chi connectivity index (χ0) is 0. The van der Waals surface area contributed by atoms with Gasteiger partial charge in [0.25, 0.3) is 0 Å². The van der Waals surface area contributed by atoms with E-state index in [0.717, 1.165) is 0 Å². The van der Waals surface area contributed by atoms with E-state index >= 15 is 0 Å². The van der Waals surface area contributed by atoms with Gasteiger partial charge in [-0.15, -0.1) is 0 Å². The van der Waals surface area contributed by atoms with Crippen LogP contribution in [0.5, 0.6) is 0 Å². The fraction of sp³-hybridized carbons (Fsp3) is 0. The first kappa shape index (κ1) is 35.3. The largest absolute Gasteiger partial charge is 0 e. The second-order valence-electron chi connectivity index (χ2n) is 0. The Morgan fingerprint density at radius 2 is 1.00 bits per heavy atom. The second kappa shape index (κ2) is 19.2. The number of hydrogen-bond donors (Lipinski definition) is 0. The summed E-state index contributed by atoms with van der Waals surface area (Å²) in [5.41, 5.74) is 0. The van der Waals surface area contributed by atoms with Crippen LogP contribution in [0.1, 0.15) is 0 Å². The minimum Gasteiger partial charge on any atom is 0 e. The summed E-state index contributed by atoms with van der Waals surface area (Å²) in [6.07, 6.45) is 0. The third-order valence-corrected chi connectivity index (χ3v) is 0. The van der Waals surface area contributed by atoms with Gasteiger partial charge in [0.2, 0.25) is 0 Å². The molecule has 0 fully saturated rings. The molecule has 0 rings (SSSR count). The van der Waals surface area contributed by atoms with Crippen LogP contribution in [0.15, 0.2) is 0 Å². The number of hydrogen-bond acceptors (Lipinski definition) is 0. The summed E-state index contributed by atoms with van der Waals surface area (Å²) in [7, 11) is 0. The van der Waals surface area contributed by atoms with E-state index in [1.165, 1.54) is 0 Å². The van der Waals surface area contributed by atoms with E-state index in [-0.39, 0.29) is 73.1 Å². The van der Waals surface area contributed by atoms with Gasteiger partial charge in [-0.1, -0.05) is 0 Å². The molecule has 0 atom stereocenters. The van der Waals surface area contributed by atoms with E-state index in [0.29, 0.717) is 0 Å². The third kappa shape index (κ3) is 8.91. The Morgan fingerprint density at radius 3 is 1.00 bits per heavy atom. The normalized spacial score (nSPS) is 0. The molecule has 0 aliphatic rings. The smallest absolute Gasteiger partial charge is 0 e. The third-order valence-electron chi connectivity index (χ3n) is 0. The topological polar surface area (TPSA) is 0 Å². The van der Waals surface area contributed by atoms with Crippen molar-refractivity contribution in [3.63, 3.8) is 0 Å². The molecular weight excluding hydrogens is 334 g/mol. The van der Waals surface area contributed by atoms with Crippen molar-refractivity contribution in [1.82, 2.24) is 0 Å². The summed E-state index contributed by atoms with van der Waals surface area (Å²) >= 11 is 0. The molecule has 0 spiro atoms. The van der Waals surface area contributed by atoms with E-state index in [4.69, 9.17) is 0 Å². The van der Waals surface area contributed by atoms with E-state index in [1.807, 2.05) is 0 Å². The van der Waals surface area contributed by atoms with Gasteiger partial charge in [0.15, 0.2) is 0 Å². The van der Waals surface area contributed by atoms with Crippen LogP contribution in [-0.4, -0.2) is 65.7 Å². The summed E-state index contributed by atoms with van der Waals surface area (Å²) in [5, 5.41) is 0. The molecule has 0 aliphatic carbocycles. The molecule has 0 heterocycles. The van der Waals surface area contributed by atoms with Crippen LogP contribution in [0.2, 0.25) is 0 Å². The van der Waals surface area contributed by atoms with Crippen molar-refractivity contribution >= 4 is 65.7 Å². The standard InChI is InChI=1S/C.Ge.Sb.Te. The SMILES string of the molecule is [C].[Ge].[Sb].[Te]. The first-order valence-electron chi connectivity index (χ1n) is 0. The van der Waals surface area contributed by atoms with Crippen LogP contribution in [0, 0.1) is 7.43 Å². The summed E-state index contributed by atoms with van der Waals surface area (Å²) in [6.45, 7) is 0. The molecular formula is CGeSbTe. The van der Waals surface area contributed by atoms with Crippen molar-refractivity contribution in [3.05, 3.63) is 7.43 Å². The molecule has 13 radical (unpaired) electrons. The fourth-order valence-electron chi connectivity index (χ4n) is 0. The maximum Gasteiger partial charge on any atom is 0 e. The summed E-state index contributed by atoms with van der Waals surface area (Å²) in [4.78, 5) is 0. The van der Waals surface area contributed by atoms with E-state index in [1.54, 1.807) is 0 Å². The van der Waals surface area contributed by atoms with Crippen molar-refractivity contribution in [2.75, 3.05) is 0 Å². The van der Waals surface area contributed by atoms with Crippen LogP contribution in [-0.2, 0) is 0 Å². The first-order valence-corrected chi connectivity index (χ1v) is 0. The summed E-state index contributed by atoms with van der Waals surface area (Å²) < 4.78 is 0. The van der Waals surface area contributed by atoms with Gasteiger partial charge in [-0.2, -0.15) is 0 Å². The fourth-order valence-corrected chi connectivity index (χ4v) is 0. The van der Waals surface area contributed by atoms with Crippen molar-refractivity contribution in [2.24, 2.45) is 0 Å². The zero-order valence-electron chi connectivity index (χ0n) is 1.86. The average Bonchev–Trinajstić information content (AvgIpc) is 0. The molecule has 0 bridgehead atoms. The monoisotopic (exact) mass is 337 g/mol. The van der Waals surface area contributed by atoms with Crippen LogP contribution in [0.4, 0.5) is 0 Å². The van der Waals surface area contributed by atoms with Gasteiger partial charge in [0.05, 0.1) is 0 Å². The Morgan fingerprint density at radius 1 is 1.00 bits per heavy atom. The second-order valence-corrected chi connectivity index (χ2v) is 0. The minimum atomic E-state index is 0. The molecule has 0 aromatic rings. The summed E-state index contributed by atoms with van der Waals surface area (Å²) in [5.74, 6) is 0. The molecule has 0 unspecified atom stereocenters. The van der Waals surface area contributed by atoms with Gasteiger partial charge in [-0.25, -0.2) is 0 Å². The van der Waals surface area contributed by atoms with Crippen molar-refractivity contribution < 1.29 is 0 Å². The van der Waals surface area contributed by atoms with E-state index in [9.17, 15) is 0 Å². The van der Waals surface area contributed by atoms with Crippen LogP contribution < -0.4 is 0 Å². The first-order chi connectivity index (χ1) is 0. The van der Waals surface area contributed by atoms with Gasteiger partial charge in [-0.3, -0.25) is 0 Å². The van der Waals surface area contributed by atoms with Gasteiger partial charge in [0.1, 0.15) is 0 Å². The molecule has 0 saturated heterocycles. The predicted octanol–water partition coefficient (Wildman–Crippen LogP) is -1.06. The molecule has 0 N–H and O–H groups in total. The minimum absolute atomic E-state index is 0. The average molecular weight is 334 g/mol. The molecule has 0 amide bonds. The van der Waals surface area contributed by atoms with Gasteiger partial charge in [-0.05, 0) is 0 Å². The number of rotatable bonds is 0. The predicted molar refractivity (Wildman–Crippen MR) is 20.5 cm³/mol. The molecule has 0 nitrogen and oxygen atoms in total. The quantitative estimate of drug-likeness (QED) is 0.496. The molecule has 3 heteroatoms. The van der Waals surface area contributed by atoms with Crippen molar-refractivity contribution in [3.8, 4) is 0 Å². The molecule has 4 heavy (non-hydrogen) atoms. The maximum atomic E-state index is 0. The molecule has 0 aliphatic heterocycles. The van der Waals surface area contributed by atoms with Gasteiger partial charge in [0, 0.05) is 73.1 Å².